The molecule has 0 spiro atoms. The molecule has 0 bridgehead atoms. The Labute approximate surface area is 168 Å². The molecule has 9 heteroatoms. The summed E-state index contributed by atoms with van der Waals surface area (Å²) in [5, 5.41) is 3.83. The maximum atomic E-state index is 6.64. The van der Waals surface area contributed by atoms with Gasteiger partial charge in [-0.15, -0.1) is 23.7 Å². The smallest absolute Gasteiger partial charge is 0.224 e. The van der Waals surface area contributed by atoms with Crippen molar-refractivity contribution in [3.8, 4) is 0 Å². The first-order valence-electron chi connectivity index (χ1n) is 8.84. The van der Waals surface area contributed by atoms with Crippen LogP contribution in [-0.4, -0.2) is 54.4 Å². The van der Waals surface area contributed by atoms with Crippen LogP contribution in [-0.2, 0) is 11.2 Å². The first kappa shape index (κ1) is 20.0. The monoisotopic (exact) mass is 417 g/mol. The Bertz CT molecular complexity index is 757. The molecule has 2 aliphatic heterocycles. The van der Waals surface area contributed by atoms with Crippen LogP contribution in [0.25, 0.3) is 10.2 Å². The van der Waals surface area contributed by atoms with Crippen molar-refractivity contribution in [3.05, 3.63) is 16.2 Å². The van der Waals surface area contributed by atoms with Gasteiger partial charge in [-0.05, 0) is 44.0 Å². The van der Waals surface area contributed by atoms with Gasteiger partial charge in [0.25, 0.3) is 0 Å². The molecule has 2 aliphatic rings. The van der Waals surface area contributed by atoms with E-state index in [1.54, 1.807) is 11.3 Å². The van der Waals surface area contributed by atoms with Gasteiger partial charge in [0.05, 0.1) is 23.4 Å². The number of nitrogens with one attached hydrogen (secondary N) is 1. The number of rotatable bonds is 4. The Morgan fingerprint density at radius 2 is 2.19 bits per heavy atom. The zero-order valence-corrected chi connectivity index (χ0v) is 17.2. The third kappa shape index (κ3) is 4.08. The Morgan fingerprint density at radius 1 is 1.42 bits per heavy atom. The molecule has 144 valence electrons. The van der Waals surface area contributed by atoms with E-state index in [0.29, 0.717) is 11.3 Å². The first-order valence-corrected chi connectivity index (χ1v) is 10.0. The van der Waals surface area contributed by atoms with Crippen LogP contribution < -0.4 is 16.0 Å². The summed E-state index contributed by atoms with van der Waals surface area (Å²) in [6.45, 7) is 6.30. The molecule has 2 fully saturated rings. The highest BCUT2D eigenvalue weighted by Gasteiger charge is 2.33. The molecule has 2 saturated heterocycles. The molecule has 26 heavy (non-hydrogen) atoms. The third-order valence-electron chi connectivity index (χ3n) is 5.10. The molecule has 0 saturated carbocycles. The second-order valence-electron chi connectivity index (χ2n) is 7.17. The Morgan fingerprint density at radius 3 is 2.88 bits per heavy atom. The van der Waals surface area contributed by atoms with Crippen molar-refractivity contribution in [2.45, 2.75) is 37.8 Å². The number of hydrogen-bond donors (Lipinski definition) is 2. The molecule has 2 aromatic heterocycles. The number of fused-ring (bicyclic) bond motifs is 1. The van der Waals surface area contributed by atoms with Gasteiger partial charge in [-0.2, -0.15) is 4.98 Å². The minimum Gasteiger partial charge on any atom is -0.378 e. The quantitative estimate of drug-likeness (QED) is 0.744. The van der Waals surface area contributed by atoms with E-state index >= 15 is 0 Å². The number of aromatic nitrogens is 2. The van der Waals surface area contributed by atoms with Crippen LogP contribution in [0.2, 0.25) is 5.28 Å². The first-order chi connectivity index (χ1) is 12.0. The van der Waals surface area contributed by atoms with Crippen molar-refractivity contribution in [2.75, 3.05) is 37.7 Å². The molecule has 3 N–H and O–H groups in total. The van der Waals surface area contributed by atoms with Gasteiger partial charge in [-0.3, -0.25) is 0 Å². The average molecular weight is 418 g/mol. The molecule has 0 amide bonds. The predicted octanol–water partition coefficient (Wildman–Crippen LogP) is 2.62. The topological polar surface area (TPSA) is 76.3 Å². The summed E-state index contributed by atoms with van der Waals surface area (Å²) in [4.78, 5) is 12.4. The van der Waals surface area contributed by atoms with E-state index in [1.807, 2.05) is 0 Å². The molecule has 0 aliphatic carbocycles. The number of thiophene rings is 1. The van der Waals surface area contributed by atoms with Crippen LogP contribution in [0.4, 0.5) is 5.82 Å². The van der Waals surface area contributed by atoms with Crippen molar-refractivity contribution in [2.24, 2.45) is 5.73 Å². The van der Waals surface area contributed by atoms with E-state index in [9.17, 15) is 0 Å². The van der Waals surface area contributed by atoms with Gasteiger partial charge < -0.3 is 20.7 Å². The number of nitrogens with two attached hydrogens (primary N) is 1. The zero-order valence-electron chi connectivity index (χ0n) is 14.8. The zero-order chi connectivity index (χ0) is 17.4. The predicted molar refractivity (Wildman–Crippen MR) is 110 cm³/mol. The molecule has 4 heterocycles. The van der Waals surface area contributed by atoms with Gasteiger partial charge in [-0.1, -0.05) is 0 Å². The molecule has 4 rings (SSSR count). The van der Waals surface area contributed by atoms with E-state index in [2.05, 4.69) is 33.2 Å². The highest BCUT2D eigenvalue weighted by molar-refractivity contribution is 7.19. The van der Waals surface area contributed by atoms with Crippen molar-refractivity contribution in [3.63, 3.8) is 0 Å². The lowest BCUT2D eigenvalue weighted by Crippen LogP contribution is -2.54. The fourth-order valence-corrected chi connectivity index (χ4v) is 5.22. The molecule has 0 radical (unpaired) electrons. The minimum absolute atomic E-state index is 0. The summed E-state index contributed by atoms with van der Waals surface area (Å²) in [5.74, 6) is 0.923. The van der Waals surface area contributed by atoms with Crippen molar-refractivity contribution >= 4 is 51.4 Å². The lowest BCUT2D eigenvalue weighted by molar-refractivity contribution is 0.122. The van der Waals surface area contributed by atoms with E-state index in [-0.39, 0.29) is 17.9 Å². The molecule has 2 unspecified atom stereocenters. The van der Waals surface area contributed by atoms with Gasteiger partial charge in [-0.25, -0.2) is 4.98 Å². The van der Waals surface area contributed by atoms with Gasteiger partial charge in [0.15, 0.2) is 5.82 Å². The maximum absolute atomic E-state index is 6.64. The van der Waals surface area contributed by atoms with Crippen LogP contribution in [0.5, 0.6) is 0 Å². The fraction of sp³-hybridized carbons (Fsp3) is 0.647. The number of morpholine rings is 1. The fourth-order valence-electron chi connectivity index (χ4n) is 3.76. The van der Waals surface area contributed by atoms with Crippen LogP contribution in [0, 0.1) is 0 Å². The average Bonchev–Trinajstić information content (AvgIpc) is 3.24. The minimum atomic E-state index is -0.270. The molecular weight excluding hydrogens is 393 g/mol. The highest BCUT2D eigenvalue weighted by Crippen LogP contribution is 2.35. The molecule has 0 aromatic carbocycles. The molecule has 2 aromatic rings. The third-order valence-corrected chi connectivity index (χ3v) is 6.39. The standard InChI is InChI=1S/C17H24ClN5OS.ClH/c1-17(19,13-3-2-4-20-13)10-11-9-12-14(25-11)15(22-16(18)21-12)23-5-7-24-8-6-23;/h9,13,20H,2-8,10,19H2,1H3;1H. The van der Waals surface area contributed by atoms with E-state index < -0.39 is 0 Å². The van der Waals surface area contributed by atoms with Crippen LogP contribution in [0.15, 0.2) is 6.07 Å². The SMILES string of the molecule is CC(N)(Cc1cc2nc(Cl)nc(N3CCOCC3)c2s1)C1CCCN1.Cl. The van der Waals surface area contributed by atoms with E-state index in [4.69, 9.17) is 22.1 Å². The summed E-state index contributed by atoms with van der Waals surface area (Å²) >= 11 is 7.92. The van der Waals surface area contributed by atoms with E-state index in [0.717, 1.165) is 61.7 Å². The lowest BCUT2D eigenvalue weighted by Gasteiger charge is -2.31. The number of ether oxygens (including phenoxy) is 1. The second kappa shape index (κ2) is 8.12. The second-order valence-corrected chi connectivity index (χ2v) is 8.65. The number of halogens is 2. The van der Waals surface area contributed by atoms with Crippen molar-refractivity contribution in [1.29, 1.82) is 0 Å². The number of hydrogen-bond acceptors (Lipinski definition) is 7. The van der Waals surface area contributed by atoms with Gasteiger partial charge in [0.2, 0.25) is 5.28 Å². The van der Waals surface area contributed by atoms with Gasteiger partial charge >= 0.3 is 0 Å². The van der Waals surface area contributed by atoms with E-state index in [1.165, 1.54) is 11.3 Å². The Hall–Kier alpha value is -0.700. The summed E-state index contributed by atoms with van der Waals surface area (Å²) < 4.78 is 6.55. The summed E-state index contributed by atoms with van der Waals surface area (Å²) in [6, 6.07) is 2.49. The summed E-state index contributed by atoms with van der Waals surface area (Å²) in [6.07, 6.45) is 3.17. The van der Waals surface area contributed by atoms with Gasteiger partial charge in [0, 0.05) is 36.0 Å². The number of nitrogens with zero attached hydrogens (tertiary/aromatic N) is 3. The number of anilines is 1. The Balaban J connectivity index is 0.00000196. The van der Waals surface area contributed by atoms with Crippen LogP contribution >= 0.6 is 35.3 Å². The molecular formula is C17H25Cl2N5OS. The summed E-state index contributed by atoms with van der Waals surface area (Å²) in [5.41, 5.74) is 7.29. The molecule has 2 atom stereocenters. The van der Waals surface area contributed by atoms with Gasteiger partial charge in [0.1, 0.15) is 0 Å². The summed E-state index contributed by atoms with van der Waals surface area (Å²) in [7, 11) is 0. The molecule has 6 nitrogen and oxygen atoms in total. The normalized spacial score (nSPS) is 23.0. The lowest BCUT2D eigenvalue weighted by atomic mass is 9.88. The largest absolute Gasteiger partial charge is 0.378 e. The van der Waals surface area contributed by atoms with Crippen molar-refractivity contribution in [1.82, 2.24) is 15.3 Å². The van der Waals surface area contributed by atoms with Crippen molar-refractivity contribution < 1.29 is 4.74 Å². The van der Waals surface area contributed by atoms with Crippen LogP contribution in [0.1, 0.15) is 24.6 Å². The Kier molecular flexibility index (Phi) is 6.26. The highest BCUT2D eigenvalue weighted by atomic mass is 35.5. The maximum Gasteiger partial charge on any atom is 0.224 e. The van der Waals surface area contributed by atoms with Crippen LogP contribution in [0.3, 0.4) is 0 Å².